The maximum atomic E-state index is 12.1. The van der Waals surface area contributed by atoms with E-state index in [0.717, 1.165) is 41.5 Å². The van der Waals surface area contributed by atoms with Gasteiger partial charge in [-0.15, -0.1) is 0 Å². The van der Waals surface area contributed by atoms with Gasteiger partial charge >= 0.3 is 0 Å². The lowest BCUT2D eigenvalue weighted by Gasteiger charge is -2.17. The first-order chi connectivity index (χ1) is 10.2. The maximum absolute atomic E-state index is 12.1. The third-order valence-electron chi connectivity index (χ3n) is 3.35. The molecule has 0 saturated carbocycles. The highest BCUT2D eigenvalue weighted by molar-refractivity contribution is 9.10. The highest BCUT2D eigenvalue weighted by atomic mass is 79.9. The van der Waals surface area contributed by atoms with Crippen LogP contribution in [0.4, 0.5) is 0 Å². The average molecular weight is 354 g/mol. The molecule has 0 radical (unpaired) electrons. The molecule has 0 saturated heterocycles. The van der Waals surface area contributed by atoms with Gasteiger partial charge in [-0.3, -0.25) is 4.79 Å². The van der Waals surface area contributed by atoms with E-state index in [1.54, 1.807) is 0 Å². The van der Waals surface area contributed by atoms with Crippen LogP contribution in [0.5, 0.6) is 5.75 Å². The Labute approximate surface area is 133 Å². The number of ether oxygens (including phenoxy) is 1. The van der Waals surface area contributed by atoms with Gasteiger partial charge in [-0.2, -0.15) is 0 Å². The first-order valence-corrected chi connectivity index (χ1v) is 8.02. The van der Waals surface area contributed by atoms with Crippen LogP contribution in [0.2, 0.25) is 0 Å². The van der Waals surface area contributed by atoms with Crippen LogP contribution in [-0.2, 0) is 4.79 Å². The molecule has 21 heavy (non-hydrogen) atoms. The van der Waals surface area contributed by atoms with Crippen molar-refractivity contribution >= 4 is 27.9 Å². The van der Waals surface area contributed by atoms with Gasteiger partial charge in [-0.25, -0.2) is 0 Å². The number of carbonyl (C=O) groups excluding carboxylic acids is 1. The highest BCUT2D eigenvalue weighted by Crippen LogP contribution is 2.29. The molecule has 2 rings (SSSR count). The van der Waals surface area contributed by atoms with E-state index in [4.69, 9.17) is 9.84 Å². The number of amides is 1. The van der Waals surface area contributed by atoms with Crippen LogP contribution in [-0.4, -0.2) is 30.8 Å². The molecule has 0 fully saturated rings. The largest absolute Gasteiger partial charge is 0.488 e. The lowest BCUT2D eigenvalue weighted by molar-refractivity contribution is -0.117. The van der Waals surface area contributed by atoms with E-state index >= 15 is 0 Å². The Morgan fingerprint density at radius 1 is 1.29 bits per heavy atom. The van der Waals surface area contributed by atoms with Crippen molar-refractivity contribution in [1.29, 1.82) is 0 Å². The minimum absolute atomic E-state index is 0.0669. The molecular weight excluding hydrogens is 334 g/mol. The van der Waals surface area contributed by atoms with E-state index in [1.807, 2.05) is 24.3 Å². The number of aliphatic hydroxyl groups excluding tert-OH is 1. The summed E-state index contributed by atoms with van der Waals surface area (Å²) in [6.45, 7) is 1.21. The molecule has 1 aliphatic rings. The van der Waals surface area contributed by atoms with E-state index in [2.05, 4.69) is 21.2 Å². The predicted octanol–water partition coefficient (Wildman–Crippen LogP) is 2.89. The normalized spacial score (nSPS) is 13.1. The molecule has 0 spiro atoms. The van der Waals surface area contributed by atoms with Crippen LogP contribution >= 0.6 is 15.9 Å². The van der Waals surface area contributed by atoms with Gasteiger partial charge in [-0.1, -0.05) is 28.8 Å². The number of nitrogens with one attached hydrogen (secondary N) is 1. The number of unbranched alkanes of at least 4 members (excludes halogenated alkanes) is 3. The second-order valence-electron chi connectivity index (χ2n) is 5.03. The smallest absolute Gasteiger partial charge is 0.250 e. The van der Waals surface area contributed by atoms with Crippen molar-refractivity contribution < 1.29 is 14.6 Å². The Balaban J connectivity index is 1.83. The zero-order valence-corrected chi connectivity index (χ0v) is 13.5. The molecular formula is C16H20BrNO3. The van der Waals surface area contributed by atoms with Gasteiger partial charge in [0.1, 0.15) is 12.4 Å². The number of hydrogen-bond donors (Lipinski definition) is 2. The molecule has 2 N–H and O–H groups in total. The number of benzene rings is 1. The first-order valence-electron chi connectivity index (χ1n) is 7.22. The van der Waals surface area contributed by atoms with Gasteiger partial charge in [-0.05, 0) is 37.1 Å². The summed E-state index contributed by atoms with van der Waals surface area (Å²) in [5.41, 5.74) is 1.57. The quantitative estimate of drug-likeness (QED) is 0.741. The Hall–Kier alpha value is -1.33. The molecule has 1 aliphatic heterocycles. The number of hydrogen-bond acceptors (Lipinski definition) is 3. The summed E-state index contributed by atoms with van der Waals surface area (Å²) in [5.74, 6) is 0.738. The van der Waals surface area contributed by atoms with Gasteiger partial charge in [0.05, 0.1) is 5.57 Å². The Morgan fingerprint density at radius 2 is 2.10 bits per heavy atom. The van der Waals surface area contributed by atoms with Crippen LogP contribution in [0.3, 0.4) is 0 Å². The summed E-state index contributed by atoms with van der Waals surface area (Å²) < 4.78 is 6.56. The second-order valence-corrected chi connectivity index (χ2v) is 5.95. The maximum Gasteiger partial charge on any atom is 0.250 e. The Morgan fingerprint density at radius 3 is 2.90 bits per heavy atom. The van der Waals surface area contributed by atoms with Crippen molar-refractivity contribution in [3.63, 3.8) is 0 Å². The molecule has 0 unspecified atom stereocenters. The van der Waals surface area contributed by atoms with Crippen molar-refractivity contribution in [2.75, 3.05) is 19.8 Å². The minimum atomic E-state index is -0.0669. The fourth-order valence-corrected chi connectivity index (χ4v) is 2.56. The van der Waals surface area contributed by atoms with Crippen LogP contribution in [0, 0.1) is 0 Å². The van der Waals surface area contributed by atoms with Crippen molar-refractivity contribution in [2.24, 2.45) is 0 Å². The molecule has 4 nitrogen and oxygen atoms in total. The summed E-state index contributed by atoms with van der Waals surface area (Å²) in [6, 6.07) is 5.76. The molecule has 0 atom stereocenters. The summed E-state index contributed by atoms with van der Waals surface area (Å²) in [6.07, 6.45) is 5.66. The van der Waals surface area contributed by atoms with Crippen LogP contribution < -0.4 is 10.1 Å². The molecule has 1 heterocycles. The lowest BCUT2D eigenvalue weighted by Crippen LogP contribution is -2.29. The average Bonchev–Trinajstić information content (AvgIpc) is 2.49. The highest BCUT2D eigenvalue weighted by Gasteiger charge is 2.16. The minimum Gasteiger partial charge on any atom is -0.488 e. The van der Waals surface area contributed by atoms with E-state index in [1.165, 1.54) is 0 Å². The molecule has 5 heteroatoms. The fourth-order valence-electron chi connectivity index (χ4n) is 2.19. The van der Waals surface area contributed by atoms with Crippen molar-refractivity contribution in [3.8, 4) is 5.75 Å². The molecule has 1 aromatic rings. The Bertz CT molecular complexity index is 528. The van der Waals surface area contributed by atoms with Crippen LogP contribution in [0.15, 0.2) is 28.2 Å². The molecule has 1 amide bonds. The SMILES string of the molecule is O=C(NCCCCCCO)C1=Cc2cc(Br)ccc2OC1. The van der Waals surface area contributed by atoms with E-state index < -0.39 is 0 Å². The summed E-state index contributed by atoms with van der Waals surface area (Å²) in [5, 5.41) is 11.6. The third kappa shape index (κ3) is 4.86. The number of fused-ring (bicyclic) bond motifs is 1. The van der Waals surface area contributed by atoms with Crippen LogP contribution in [0.1, 0.15) is 31.2 Å². The second kappa shape index (κ2) is 8.20. The summed E-state index contributed by atoms with van der Waals surface area (Å²) >= 11 is 3.42. The van der Waals surface area contributed by atoms with E-state index in [-0.39, 0.29) is 12.5 Å². The van der Waals surface area contributed by atoms with Gasteiger partial charge in [0, 0.05) is 23.2 Å². The van der Waals surface area contributed by atoms with Gasteiger partial charge in [0.15, 0.2) is 0 Å². The van der Waals surface area contributed by atoms with Gasteiger partial charge in [0.2, 0.25) is 0 Å². The molecule has 1 aromatic carbocycles. The molecule has 114 valence electrons. The zero-order valence-electron chi connectivity index (χ0n) is 11.9. The lowest BCUT2D eigenvalue weighted by atomic mass is 10.1. The molecule has 0 bridgehead atoms. The van der Waals surface area contributed by atoms with Crippen molar-refractivity contribution in [1.82, 2.24) is 5.32 Å². The summed E-state index contributed by atoms with van der Waals surface area (Å²) in [4.78, 5) is 12.1. The standard InChI is InChI=1S/C16H20BrNO3/c17-14-5-6-15-12(10-14)9-13(11-21-15)16(20)18-7-3-1-2-4-8-19/h5-6,9-10,19H,1-4,7-8,11H2,(H,18,20). The van der Waals surface area contributed by atoms with E-state index in [0.29, 0.717) is 18.7 Å². The van der Waals surface area contributed by atoms with Crippen molar-refractivity contribution in [2.45, 2.75) is 25.7 Å². The first kappa shape index (κ1) is 16.0. The van der Waals surface area contributed by atoms with Gasteiger partial charge < -0.3 is 15.2 Å². The van der Waals surface area contributed by atoms with Gasteiger partial charge in [0.25, 0.3) is 5.91 Å². The monoisotopic (exact) mass is 353 g/mol. The number of halogens is 1. The number of aliphatic hydroxyl groups is 1. The van der Waals surface area contributed by atoms with Crippen molar-refractivity contribution in [3.05, 3.63) is 33.8 Å². The topological polar surface area (TPSA) is 58.6 Å². The fraction of sp³-hybridized carbons (Fsp3) is 0.438. The van der Waals surface area contributed by atoms with Crippen LogP contribution in [0.25, 0.3) is 6.08 Å². The third-order valence-corrected chi connectivity index (χ3v) is 3.84. The molecule has 0 aliphatic carbocycles. The zero-order chi connectivity index (χ0) is 15.1. The number of carbonyl (C=O) groups is 1. The summed E-state index contributed by atoms with van der Waals surface area (Å²) in [7, 11) is 0. The van der Waals surface area contributed by atoms with E-state index in [9.17, 15) is 4.79 Å². The molecule has 0 aromatic heterocycles. The predicted molar refractivity (Wildman–Crippen MR) is 86.2 cm³/mol. The number of rotatable bonds is 7. The Kier molecular flexibility index (Phi) is 6.26.